The van der Waals surface area contributed by atoms with E-state index in [1.165, 1.54) is 0 Å². The lowest BCUT2D eigenvalue weighted by Gasteiger charge is -2.10. The summed E-state index contributed by atoms with van der Waals surface area (Å²) in [5.74, 6) is -1.16. The lowest BCUT2D eigenvalue weighted by molar-refractivity contribution is -0.136. The number of ether oxygens (including phenoxy) is 1. The van der Waals surface area contributed by atoms with Gasteiger partial charge in [-0.05, 0) is 0 Å². The average Bonchev–Trinajstić information content (AvgIpc) is 2.54. The molecule has 1 amide bonds. The van der Waals surface area contributed by atoms with Gasteiger partial charge in [-0.3, -0.25) is 10.1 Å². The first-order chi connectivity index (χ1) is 8.67. The van der Waals surface area contributed by atoms with Gasteiger partial charge in [-0.25, -0.2) is 9.78 Å². The molecule has 0 atom stereocenters. The molecule has 1 rings (SSSR count). The summed E-state index contributed by atoms with van der Waals surface area (Å²) in [7, 11) is 0. The van der Waals surface area contributed by atoms with Gasteiger partial charge in [0.15, 0.2) is 10.2 Å². The van der Waals surface area contributed by atoms with Crippen LogP contribution in [-0.2, 0) is 16.0 Å². The number of amides is 1. The molecule has 0 unspecified atom stereocenters. The summed E-state index contributed by atoms with van der Waals surface area (Å²) in [6.45, 7) is -0.469. The first-order valence-corrected chi connectivity index (χ1v) is 6.53. The van der Waals surface area contributed by atoms with E-state index in [0.29, 0.717) is 11.3 Å². The number of aromatic nitrogens is 1. The summed E-state index contributed by atoms with van der Waals surface area (Å²) in [4.78, 5) is 25.4. The molecule has 1 aromatic rings. The van der Waals surface area contributed by atoms with Crippen LogP contribution in [0, 0.1) is 0 Å². The van der Waals surface area contributed by atoms with E-state index in [9.17, 15) is 14.7 Å². The Balaban J connectivity index is 2.58. The van der Waals surface area contributed by atoms with Gasteiger partial charge in [0, 0.05) is 0 Å². The number of aromatic hydroxyl groups is 1. The zero-order chi connectivity index (χ0) is 14.6. The molecule has 0 spiro atoms. The Hall–Kier alpha value is -0.960. The lowest BCUT2D eigenvalue weighted by Crippen LogP contribution is -2.21. The summed E-state index contributed by atoms with van der Waals surface area (Å²) >= 11 is 16.8. The van der Waals surface area contributed by atoms with Gasteiger partial charge in [0.2, 0.25) is 3.79 Å². The number of carbonyl (C=O) groups is 2. The Labute approximate surface area is 126 Å². The fourth-order valence-electron chi connectivity index (χ4n) is 0.926. The van der Waals surface area contributed by atoms with Crippen molar-refractivity contribution in [1.82, 2.24) is 4.98 Å². The topological polar surface area (TPSA) is 109 Å². The van der Waals surface area contributed by atoms with Gasteiger partial charge in [0.05, 0.1) is 6.42 Å². The number of halogens is 3. The molecule has 0 bridgehead atoms. The predicted molar refractivity (Wildman–Crippen MR) is 70.4 cm³/mol. The third-order valence-electron chi connectivity index (χ3n) is 1.57. The molecule has 7 nitrogen and oxygen atoms in total. The summed E-state index contributed by atoms with van der Waals surface area (Å²) in [5.41, 5.74) is -0.0609. The molecule has 3 N–H and O–H groups in total. The third-order valence-corrected chi connectivity index (χ3v) is 2.71. The van der Waals surface area contributed by atoms with Crippen LogP contribution in [0.4, 0.5) is 9.93 Å². The van der Waals surface area contributed by atoms with Crippen LogP contribution in [0.3, 0.4) is 0 Å². The number of hydrogen-bond donors (Lipinski definition) is 3. The van der Waals surface area contributed by atoms with Crippen LogP contribution in [-0.4, -0.2) is 37.7 Å². The summed E-state index contributed by atoms with van der Waals surface area (Å²) in [6, 6.07) is 0. The molecule has 0 saturated heterocycles. The predicted octanol–water partition coefficient (Wildman–Crippen LogP) is 2.39. The number of hydrogen-bond acceptors (Lipinski definition) is 6. The highest BCUT2D eigenvalue weighted by molar-refractivity contribution is 7.17. The van der Waals surface area contributed by atoms with Crippen molar-refractivity contribution in [3.8, 4) is 5.06 Å². The molecule has 0 aromatic carbocycles. The monoisotopic (exact) mass is 348 g/mol. The lowest BCUT2D eigenvalue weighted by atomic mass is 10.3. The van der Waals surface area contributed by atoms with Gasteiger partial charge in [-0.2, -0.15) is 0 Å². The number of nitrogens with one attached hydrogen (secondary N) is 1. The molecule has 11 heteroatoms. The van der Waals surface area contributed by atoms with E-state index < -0.39 is 28.9 Å². The van der Waals surface area contributed by atoms with Crippen LogP contribution in [0.5, 0.6) is 5.06 Å². The van der Waals surface area contributed by atoms with Crippen molar-refractivity contribution >= 4 is 63.3 Å². The van der Waals surface area contributed by atoms with Crippen molar-refractivity contribution in [2.75, 3.05) is 11.9 Å². The Morgan fingerprint density at radius 1 is 1.42 bits per heavy atom. The van der Waals surface area contributed by atoms with Crippen LogP contribution in [0.25, 0.3) is 0 Å². The van der Waals surface area contributed by atoms with E-state index in [2.05, 4.69) is 15.0 Å². The average molecular weight is 350 g/mol. The van der Waals surface area contributed by atoms with Crippen molar-refractivity contribution in [3.63, 3.8) is 0 Å². The second-order valence-electron chi connectivity index (χ2n) is 3.16. The second-order valence-corrected chi connectivity index (χ2v) is 6.65. The molecular formula is C8H7Cl3N2O5S. The zero-order valence-electron chi connectivity index (χ0n) is 9.02. The maximum absolute atomic E-state index is 11.3. The number of nitrogens with zero attached hydrogens (tertiary/aromatic N) is 1. The smallest absolute Gasteiger partial charge is 0.413 e. The second kappa shape index (κ2) is 6.47. The van der Waals surface area contributed by atoms with E-state index >= 15 is 0 Å². The SMILES string of the molecule is O=C(O)Cc1nc(NC(=O)OCC(Cl)(Cl)Cl)sc1O. The number of alkyl halides is 3. The number of aliphatic carboxylic acids is 1. The van der Waals surface area contributed by atoms with Gasteiger partial charge in [-0.15, -0.1) is 0 Å². The van der Waals surface area contributed by atoms with Gasteiger partial charge in [0.25, 0.3) is 0 Å². The molecule has 19 heavy (non-hydrogen) atoms. The number of rotatable bonds is 4. The van der Waals surface area contributed by atoms with Gasteiger partial charge < -0.3 is 14.9 Å². The molecule has 0 fully saturated rings. The zero-order valence-corrected chi connectivity index (χ0v) is 12.1. The number of anilines is 1. The number of carbonyl (C=O) groups excluding carboxylic acids is 1. The molecule has 0 aliphatic heterocycles. The van der Waals surface area contributed by atoms with Gasteiger partial charge in [-0.1, -0.05) is 46.1 Å². The standard InChI is InChI=1S/C8H7Cl3N2O5S/c9-8(10,11)2-18-7(17)13-6-12-3(1-4(14)15)5(16)19-6/h16H,1-2H2,(H,14,15)(H,12,13,17). The highest BCUT2D eigenvalue weighted by Crippen LogP contribution is 2.30. The Kier molecular flexibility index (Phi) is 5.48. The van der Waals surface area contributed by atoms with E-state index in [1.807, 2.05) is 0 Å². The Morgan fingerprint density at radius 2 is 2.05 bits per heavy atom. The maximum Gasteiger partial charge on any atom is 0.413 e. The van der Waals surface area contributed by atoms with Crippen molar-refractivity contribution < 1.29 is 24.5 Å². The molecule has 1 heterocycles. The maximum atomic E-state index is 11.3. The van der Waals surface area contributed by atoms with Crippen LogP contribution >= 0.6 is 46.1 Å². The molecule has 0 saturated carbocycles. The minimum Gasteiger partial charge on any atom is -0.498 e. The fraction of sp³-hybridized carbons (Fsp3) is 0.375. The van der Waals surface area contributed by atoms with E-state index in [1.54, 1.807) is 0 Å². The quantitative estimate of drug-likeness (QED) is 0.720. The molecule has 1 aromatic heterocycles. The first-order valence-electron chi connectivity index (χ1n) is 4.58. The van der Waals surface area contributed by atoms with E-state index in [-0.39, 0.29) is 15.9 Å². The largest absolute Gasteiger partial charge is 0.498 e. The van der Waals surface area contributed by atoms with Gasteiger partial charge >= 0.3 is 12.1 Å². The molecule has 0 aliphatic carbocycles. The van der Waals surface area contributed by atoms with E-state index in [4.69, 9.17) is 39.9 Å². The van der Waals surface area contributed by atoms with Crippen molar-refractivity contribution in [2.24, 2.45) is 0 Å². The van der Waals surface area contributed by atoms with Crippen LogP contribution in [0.2, 0.25) is 0 Å². The molecular weight excluding hydrogens is 343 g/mol. The highest BCUT2D eigenvalue weighted by atomic mass is 35.6. The fourth-order valence-corrected chi connectivity index (χ4v) is 1.80. The minimum atomic E-state index is -1.74. The van der Waals surface area contributed by atoms with Gasteiger partial charge in [0.1, 0.15) is 12.3 Å². The molecule has 0 radical (unpaired) electrons. The highest BCUT2D eigenvalue weighted by Gasteiger charge is 2.23. The van der Waals surface area contributed by atoms with Crippen molar-refractivity contribution in [2.45, 2.75) is 10.2 Å². The van der Waals surface area contributed by atoms with Crippen molar-refractivity contribution in [3.05, 3.63) is 5.69 Å². The van der Waals surface area contributed by atoms with Crippen LogP contribution in [0.15, 0.2) is 0 Å². The number of thiazole rings is 1. The first kappa shape index (κ1) is 16.1. The third kappa shape index (κ3) is 6.15. The Bertz CT molecular complexity index is 487. The normalized spacial score (nSPS) is 11.1. The van der Waals surface area contributed by atoms with Crippen LogP contribution < -0.4 is 5.32 Å². The summed E-state index contributed by atoms with van der Waals surface area (Å²) in [6.07, 6.45) is -1.41. The number of carboxylic acids is 1. The Morgan fingerprint density at radius 3 is 2.58 bits per heavy atom. The molecule has 106 valence electrons. The minimum absolute atomic E-state index is 0.0249. The summed E-state index contributed by atoms with van der Waals surface area (Å²) < 4.78 is 2.82. The molecule has 0 aliphatic rings. The van der Waals surface area contributed by atoms with Crippen LogP contribution in [0.1, 0.15) is 5.69 Å². The van der Waals surface area contributed by atoms with Crippen molar-refractivity contribution in [1.29, 1.82) is 0 Å². The number of carboxylic acid groups (broad SMARTS) is 1. The summed E-state index contributed by atoms with van der Waals surface area (Å²) in [5, 5.41) is 19.8. The van der Waals surface area contributed by atoms with E-state index in [0.717, 1.165) is 0 Å².